The van der Waals surface area contributed by atoms with Crippen molar-refractivity contribution in [1.29, 1.82) is 0 Å². The van der Waals surface area contributed by atoms with Crippen molar-refractivity contribution in [3.05, 3.63) is 63.4 Å². The fraction of sp³-hybridized carbons (Fsp3) is 0.0667. The molecule has 3 aromatic rings. The number of rotatable bonds is 4. The fourth-order valence-electron chi connectivity index (χ4n) is 2.11. The van der Waals surface area contributed by atoms with Gasteiger partial charge in [0.05, 0.1) is 16.1 Å². The maximum absolute atomic E-state index is 11.1. The van der Waals surface area contributed by atoms with Gasteiger partial charge in [-0.15, -0.1) is 0 Å². The Morgan fingerprint density at radius 1 is 1.30 bits per heavy atom. The molecule has 116 valence electrons. The molecule has 0 unspecified atom stereocenters. The van der Waals surface area contributed by atoms with Crippen LogP contribution in [0.5, 0.6) is 11.6 Å². The Hall–Kier alpha value is -2.77. The van der Waals surface area contributed by atoms with Crippen molar-refractivity contribution >= 4 is 28.2 Å². The topological polar surface area (TPSA) is 104 Å². The average molecular weight is 331 g/mol. The molecular formula is C15H11ClN4O3. The minimum absolute atomic E-state index is 0.104. The highest BCUT2D eigenvalue weighted by Crippen LogP contribution is 2.34. The normalized spacial score (nSPS) is 10.7. The molecule has 23 heavy (non-hydrogen) atoms. The van der Waals surface area contributed by atoms with Crippen LogP contribution >= 0.6 is 11.6 Å². The second-order valence-electron chi connectivity index (χ2n) is 4.66. The van der Waals surface area contributed by atoms with Crippen LogP contribution < -0.4 is 10.5 Å². The summed E-state index contributed by atoms with van der Waals surface area (Å²) in [4.78, 5) is 18.8. The molecule has 2 aromatic heterocycles. The van der Waals surface area contributed by atoms with Gasteiger partial charge in [0.1, 0.15) is 5.75 Å². The van der Waals surface area contributed by atoms with Crippen molar-refractivity contribution in [2.75, 3.05) is 0 Å². The van der Waals surface area contributed by atoms with Gasteiger partial charge in [-0.3, -0.25) is 15.1 Å². The van der Waals surface area contributed by atoms with Gasteiger partial charge >= 0.3 is 5.69 Å². The summed E-state index contributed by atoms with van der Waals surface area (Å²) in [6.07, 6.45) is 1.42. The number of nitrogens with zero attached hydrogens (tertiary/aromatic N) is 3. The molecule has 0 radical (unpaired) electrons. The zero-order chi connectivity index (χ0) is 16.4. The molecule has 0 fully saturated rings. The van der Waals surface area contributed by atoms with E-state index in [0.717, 1.165) is 0 Å². The highest BCUT2D eigenvalue weighted by Gasteiger charge is 2.18. The number of aromatic nitrogens is 2. The molecule has 0 aliphatic heterocycles. The number of nitrogens with two attached hydrogens (primary N) is 1. The minimum Gasteiger partial charge on any atom is -0.433 e. The van der Waals surface area contributed by atoms with Gasteiger partial charge in [0.15, 0.2) is 0 Å². The van der Waals surface area contributed by atoms with Crippen LogP contribution in [0.1, 0.15) is 5.69 Å². The molecule has 2 N–H and O–H groups in total. The highest BCUT2D eigenvalue weighted by atomic mass is 35.5. The van der Waals surface area contributed by atoms with Crippen LogP contribution in [0.4, 0.5) is 5.69 Å². The van der Waals surface area contributed by atoms with Gasteiger partial charge in [0.25, 0.3) is 5.88 Å². The number of ether oxygens (including phenoxy) is 1. The summed E-state index contributed by atoms with van der Waals surface area (Å²) in [5.41, 5.74) is 6.64. The molecule has 8 heteroatoms. The van der Waals surface area contributed by atoms with Gasteiger partial charge in [-0.05, 0) is 24.3 Å². The van der Waals surface area contributed by atoms with E-state index in [-0.39, 0.29) is 18.1 Å². The average Bonchev–Trinajstić information content (AvgIpc) is 2.55. The second kappa shape index (κ2) is 6.15. The van der Waals surface area contributed by atoms with Crippen molar-refractivity contribution < 1.29 is 9.66 Å². The number of nitro groups is 1. The van der Waals surface area contributed by atoms with Gasteiger partial charge < -0.3 is 10.5 Å². The molecule has 2 heterocycles. The van der Waals surface area contributed by atoms with E-state index in [0.29, 0.717) is 27.4 Å². The van der Waals surface area contributed by atoms with E-state index in [1.165, 1.54) is 18.3 Å². The maximum Gasteiger partial charge on any atom is 0.331 e. The molecule has 0 atom stereocenters. The van der Waals surface area contributed by atoms with E-state index >= 15 is 0 Å². The van der Waals surface area contributed by atoms with Gasteiger partial charge in [0.2, 0.25) is 0 Å². The van der Waals surface area contributed by atoms with Gasteiger partial charge in [0, 0.05) is 35.3 Å². The minimum atomic E-state index is -0.553. The zero-order valence-corrected chi connectivity index (χ0v) is 12.5. The molecule has 0 amide bonds. The summed E-state index contributed by atoms with van der Waals surface area (Å²) in [5, 5.41) is 12.2. The summed E-state index contributed by atoms with van der Waals surface area (Å²) in [5.74, 6) is 0.257. The molecule has 0 aliphatic carbocycles. The van der Waals surface area contributed by atoms with Crippen LogP contribution in [-0.4, -0.2) is 14.9 Å². The number of benzene rings is 1. The van der Waals surface area contributed by atoms with Crippen LogP contribution in [0.3, 0.4) is 0 Å². The first kappa shape index (κ1) is 15.1. The molecule has 0 saturated carbocycles. The summed E-state index contributed by atoms with van der Waals surface area (Å²) in [6, 6.07) is 9.52. The predicted octanol–water partition coefficient (Wildman–Crippen LogP) is 3.44. The van der Waals surface area contributed by atoms with E-state index in [9.17, 15) is 10.1 Å². The van der Waals surface area contributed by atoms with E-state index in [4.69, 9.17) is 22.1 Å². The van der Waals surface area contributed by atoms with Crippen LogP contribution in [0.15, 0.2) is 42.6 Å². The first-order valence-corrected chi connectivity index (χ1v) is 7.03. The fourth-order valence-corrected chi connectivity index (χ4v) is 2.28. The van der Waals surface area contributed by atoms with Crippen molar-refractivity contribution in [3.8, 4) is 11.6 Å². The van der Waals surface area contributed by atoms with Crippen molar-refractivity contribution in [3.63, 3.8) is 0 Å². The summed E-state index contributed by atoms with van der Waals surface area (Å²) in [7, 11) is 0. The third-order valence-corrected chi connectivity index (χ3v) is 3.38. The molecule has 0 aliphatic rings. The lowest BCUT2D eigenvalue weighted by Crippen LogP contribution is -2.02. The van der Waals surface area contributed by atoms with Gasteiger partial charge in [-0.1, -0.05) is 11.6 Å². The first-order chi connectivity index (χ1) is 11.1. The predicted molar refractivity (Wildman–Crippen MR) is 85.6 cm³/mol. The Bertz CT molecular complexity index is 901. The second-order valence-corrected chi connectivity index (χ2v) is 5.10. The standard InChI is InChI=1S/C15H11ClN4O3/c16-9-3-4-12-11(6-9)14(7-10(8-17)19-12)23-15-13(20(21)22)2-1-5-18-15/h1-7H,8,17H2. The van der Waals surface area contributed by atoms with Crippen molar-refractivity contribution in [1.82, 2.24) is 9.97 Å². The molecule has 7 nitrogen and oxygen atoms in total. The molecule has 0 spiro atoms. The van der Waals surface area contributed by atoms with Crippen LogP contribution in [0.25, 0.3) is 10.9 Å². The molecule has 1 aromatic carbocycles. The van der Waals surface area contributed by atoms with E-state index in [1.807, 2.05) is 0 Å². The number of hydrogen-bond acceptors (Lipinski definition) is 6. The van der Waals surface area contributed by atoms with Gasteiger partial charge in [-0.25, -0.2) is 4.98 Å². The monoisotopic (exact) mass is 330 g/mol. The molecule has 3 rings (SSSR count). The van der Waals surface area contributed by atoms with E-state index in [2.05, 4.69) is 9.97 Å². The lowest BCUT2D eigenvalue weighted by atomic mass is 10.2. The summed E-state index contributed by atoms with van der Waals surface area (Å²) in [6.45, 7) is 0.208. The number of hydrogen-bond donors (Lipinski definition) is 1. The largest absolute Gasteiger partial charge is 0.433 e. The quantitative estimate of drug-likeness (QED) is 0.580. The Kier molecular flexibility index (Phi) is 4.05. The number of fused-ring (bicyclic) bond motifs is 1. The smallest absolute Gasteiger partial charge is 0.331 e. The Morgan fingerprint density at radius 2 is 2.13 bits per heavy atom. The Morgan fingerprint density at radius 3 is 2.87 bits per heavy atom. The maximum atomic E-state index is 11.1. The third kappa shape index (κ3) is 3.05. The van der Waals surface area contributed by atoms with Crippen LogP contribution in [-0.2, 0) is 6.54 Å². The van der Waals surface area contributed by atoms with Crippen LogP contribution in [0, 0.1) is 10.1 Å². The van der Waals surface area contributed by atoms with E-state index in [1.54, 1.807) is 24.3 Å². The van der Waals surface area contributed by atoms with Crippen LogP contribution in [0.2, 0.25) is 5.02 Å². The number of pyridine rings is 2. The molecule has 0 saturated heterocycles. The SMILES string of the molecule is NCc1cc(Oc2ncccc2[N+](=O)[O-])c2cc(Cl)ccc2n1. The van der Waals surface area contributed by atoms with Gasteiger partial charge in [-0.2, -0.15) is 0 Å². The lowest BCUT2D eigenvalue weighted by Gasteiger charge is -2.10. The third-order valence-electron chi connectivity index (χ3n) is 3.15. The van der Waals surface area contributed by atoms with Crippen molar-refractivity contribution in [2.45, 2.75) is 6.54 Å². The molecular weight excluding hydrogens is 320 g/mol. The highest BCUT2D eigenvalue weighted by molar-refractivity contribution is 6.31. The lowest BCUT2D eigenvalue weighted by molar-refractivity contribution is -0.386. The van der Waals surface area contributed by atoms with Crippen molar-refractivity contribution in [2.24, 2.45) is 5.73 Å². The van der Waals surface area contributed by atoms with E-state index < -0.39 is 4.92 Å². The summed E-state index contributed by atoms with van der Waals surface area (Å²) < 4.78 is 5.67. The number of halogens is 1. The zero-order valence-electron chi connectivity index (χ0n) is 11.8. The first-order valence-electron chi connectivity index (χ1n) is 6.65. The Balaban J connectivity index is 2.16. The Labute approximate surface area is 135 Å². The molecule has 0 bridgehead atoms. The summed E-state index contributed by atoms with van der Waals surface area (Å²) >= 11 is 6.02.